The number of rotatable bonds is 7. The van der Waals surface area contributed by atoms with E-state index in [2.05, 4.69) is 13.0 Å². The highest BCUT2D eigenvalue weighted by atomic mass is 19.3. The minimum Gasteiger partial charge on any atom is -0.432 e. The number of benzene rings is 2. The molecular weight excluding hydrogens is 526 g/mol. The lowest BCUT2D eigenvalue weighted by Gasteiger charge is -2.39. The molecule has 3 aliphatic rings. The minimum absolute atomic E-state index is 0.0777. The molecule has 0 bridgehead atoms. The molecule has 5 rings (SSSR count). The number of hydrogen-bond donors (Lipinski definition) is 0. The average Bonchev–Trinajstić information content (AvgIpc) is 2.93. The molecule has 3 saturated carbocycles. The van der Waals surface area contributed by atoms with Crippen LogP contribution in [-0.4, -0.2) is 6.11 Å². The number of halogens is 6. The molecule has 7 heteroatoms. The predicted octanol–water partition coefficient (Wildman–Crippen LogP) is 10.9. The zero-order valence-electron chi connectivity index (χ0n) is 23.2. The average molecular weight is 567 g/mol. The van der Waals surface area contributed by atoms with Crippen molar-refractivity contribution in [2.45, 2.75) is 108 Å². The highest BCUT2D eigenvalue weighted by Crippen LogP contribution is 2.47. The Kier molecular flexibility index (Phi) is 9.06. The maximum atomic E-state index is 15.2. The molecule has 40 heavy (non-hydrogen) atoms. The molecule has 0 heterocycles. The monoisotopic (exact) mass is 566 g/mol. The van der Waals surface area contributed by atoms with Crippen LogP contribution in [0.4, 0.5) is 26.3 Å². The predicted molar refractivity (Wildman–Crippen MR) is 144 cm³/mol. The van der Waals surface area contributed by atoms with Gasteiger partial charge in [0.1, 0.15) is 17.4 Å². The highest BCUT2D eigenvalue weighted by Gasteiger charge is 2.45. The minimum atomic E-state index is -3.50. The zero-order chi connectivity index (χ0) is 28.4. The molecule has 0 N–H and O–H groups in total. The van der Waals surface area contributed by atoms with Crippen molar-refractivity contribution < 1.29 is 31.1 Å². The van der Waals surface area contributed by atoms with Crippen molar-refractivity contribution in [3.8, 4) is 5.75 Å². The first-order valence-corrected chi connectivity index (χ1v) is 15.0. The molecule has 0 amide bonds. The van der Waals surface area contributed by atoms with Gasteiger partial charge < -0.3 is 4.74 Å². The molecule has 3 aliphatic carbocycles. The van der Waals surface area contributed by atoms with Crippen molar-refractivity contribution >= 4 is 0 Å². The third kappa shape index (κ3) is 6.65. The van der Waals surface area contributed by atoms with E-state index in [1.807, 2.05) is 6.07 Å². The lowest BCUT2D eigenvalue weighted by atomic mass is 9.68. The van der Waals surface area contributed by atoms with E-state index in [0.29, 0.717) is 49.5 Å². The zero-order valence-corrected chi connectivity index (χ0v) is 23.2. The molecule has 0 atom stereocenters. The summed E-state index contributed by atoms with van der Waals surface area (Å²) in [5.41, 5.74) is 1.12. The molecule has 220 valence electrons. The van der Waals surface area contributed by atoms with Gasteiger partial charge in [0.25, 0.3) is 6.43 Å². The van der Waals surface area contributed by atoms with Crippen LogP contribution in [0.3, 0.4) is 0 Å². The summed E-state index contributed by atoms with van der Waals surface area (Å²) in [5.74, 6) is -0.521. The fraction of sp³-hybridized carbons (Fsp3) is 0.636. The Labute approximate surface area is 233 Å². The molecular formula is C33H40F6O. The number of hydrogen-bond acceptors (Lipinski definition) is 1. The fourth-order valence-electron chi connectivity index (χ4n) is 7.54. The Balaban J connectivity index is 1.10. The van der Waals surface area contributed by atoms with Crippen molar-refractivity contribution in [1.29, 1.82) is 0 Å². The van der Waals surface area contributed by atoms with Crippen LogP contribution in [0.2, 0.25) is 0 Å². The molecule has 0 unspecified atom stereocenters. The van der Waals surface area contributed by atoms with Crippen LogP contribution in [0.15, 0.2) is 36.4 Å². The van der Waals surface area contributed by atoms with Gasteiger partial charge in [0.15, 0.2) is 0 Å². The van der Waals surface area contributed by atoms with Crippen LogP contribution >= 0.6 is 0 Å². The Morgan fingerprint density at radius 2 is 1.30 bits per heavy atom. The maximum absolute atomic E-state index is 15.2. The van der Waals surface area contributed by atoms with Crippen LogP contribution in [0.5, 0.6) is 5.75 Å². The lowest BCUT2D eigenvalue weighted by molar-refractivity contribution is -0.224. The maximum Gasteiger partial charge on any atom is 0.400 e. The van der Waals surface area contributed by atoms with E-state index in [9.17, 15) is 22.0 Å². The normalized spacial score (nSPS) is 29.9. The summed E-state index contributed by atoms with van der Waals surface area (Å²) in [4.78, 5) is 0. The van der Waals surface area contributed by atoms with Gasteiger partial charge in [0.2, 0.25) is 0 Å². The van der Waals surface area contributed by atoms with Gasteiger partial charge in [-0.15, -0.1) is 0 Å². The summed E-state index contributed by atoms with van der Waals surface area (Å²) in [7, 11) is 0. The van der Waals surface area contributed by atoms with E-state index in [1.165, 1.54) is 12.8 Å². The third-order valence-electron chi connectivity index (χ3n) is 10.1. The van der Waals surface area contributed by atoms with Crippen molar-refractivity contribution in [2.24, 2.45) is 23.7 Å². The molecule has 0 radical (unpaired) electrons. The second-order valence-electron chi connectivity index (χ2n) is 12.6. The smallest absolute Gasteiger partial charge is 0.400 e. The second kappa shape index (κ2) is 12.4. The molecule has 3 fully saturated rings. The molecule has 0 aliphatic heterocycles. The van der Waals surface area contributed by atoms with Gasteiger partial charge in [-0.1, -0.05) is 31.9 Å². The van der Waals surface area contributed by atoms with E-state index in [4.69, 9.17) is 4.74 Å². The molecule has 2 aromatic carbocycles. The van der Waals surface area contributed by atoms with Crippen molar-refractivity contribution in [1.82, 2.24) is 0 Å². The summed E-state index contributed by atoms with van der Waals surface area (Å²) in [6, 6.07) is 8.27. The van der Waals surface area contributed by atoms with E-state index < -0.39 is 35.6 Å². The van der Waals surface area contributed by atoms with Crippen molar-refractivity contribution in [2.75, 3.05) is 0 Å². The van der Waals surface area contributed by atoms with Gasteiger partial charge in [-0.05, 0) is 123 Å². The Morgan fingerprint density at radius 1 is 0.700 bits per heavy atom. The summed E-state index contributed by atoms with van der Waals surface area (Å²) in [6.07, 6.45) is 3.89. The van der Waals surface area contributed by atoms with Crippen LogP contribution in [0, 0.1) is 35.3 Å². The summed E-state index contributed by atoms with van der Waals surface area (Å²) in [5, 5.41) is 0. The van der Waals surface area contributed by atoms with E-state index in [-0.39, 0.29) is 11.7 Å². The van der Waals surface area contributed by atoms with Gasteiger partial charge in [-0.3, -0.25) is 0 Å². The van der Waals surface area contributed by atoms with Crippen molar-refractivity contribution in [3.63, 3.8) is 0 Å². The Morgan fingerprint density at radius 3 is 1.88 bits per heavy atom. The third-order valence-corrected chi connectivity index (χ3v) is 10.1. The molecule has 1 nitrogen and oxygen atoms in total. The standard InChI is InChI=1S/C33H40F6O/c1-20-2-4-23(5-3-20)25-12-16-28(30(34)18-25)24-8-6-21(7-9-24)22-10-13-26(14-11-22)33(38,39)40-27-15-17-29(32(36)37)31(35)19-27/h12,15-24,26,32H,2-11,13-14H2,1H3. The first-order chi connectivity index (χ1) is 19.1. The first-order valence-electron chi connectivity index (χ1n) is 15.0. The largest absolute Gasteiger partial charge is 0.432 e. The molecule has 0 spiro atoms. The van der Waals surface area contributed by atoms with E-state index in [0.717, 1.165) is 67.7 Å². The molecule has 0 aromatic heterocycles. The first kappa shape index (κ1) is 29.3. The second-order valence-corrected chi connectivity index (χ2v) is 12.6. The quantitative estimate of drug-likeness (QED) is 0.303. The van der Waals surface area contributed by atoms with Gasteiger partial charge in [0.05, 0.1) is 11.5 Å². The summed E-state index contributed by atoms with van der Waals surface area (Å²) in [6.45, 7) is 2.29. The summed E-state index contributed by atoms with van der Waals surface area (Å²) >= 11 is 0. The van der Waals surface area contributed by atoms with Gasteiger partial charge >= 0.3 is 6.11 Å². The topological polar surface area (TPSA) is 9.23 Å². The fourth-order valence-corrected chi connectivity index (χ4v) is 7.54. The van der Waals surface area contributed by atoms with Gasteiger partial charge in [-0.2, -0.15) is 8.78 Å². The molecule has 0 saturated heterocycles. The van der Waals surface area contributed by atoms with Crippen LogP contribution in [0.1, 0.15) is 119 Å². The van der Waals surface area contributed by atoms with Gasteiger partial charge in [-0.25, -0.2) is 17.6 Å². The van der Waals surface area contributed by atoms with Crippen LogP contribution in [0.25, 0.3) is 0 Å². The number of ether oxygens (including phenoxy) is 1. The number of alkyl halides is 4. The Hall–Kier alpha value is -2.18. The van der Waals surface area contributed by atoms with E-state index in [1.54, 1.807) is 6.07 Å². The summed E-state index contributed by atoms with van der Waals surface area (Å²) < 4.78 is 89.0. The van der Waals surface area contributed by atoms with Crippen molar-refractivity contribution in [3.05, 3.63) is 64.7 Å². The molecule has 2 aromatic rings. The van der Waals surface area contributed by atoms with E-state index >= 15 is 4.39 Å². The highest BCUT2D eigenvalue weighted by molar-refractivity contribution is 5.31. The van der Waals surface area contributed by atoms with Crippen LogP contribution in [-0.2, 0) is 0 Å². The van der Waals surface area contributed by atoms with Gasteiger partial charge in [0, 0.05) is 6.07 Å². The van der Waals surface area contributed by atoms with Crippen LogP contribution < -0.4 is 4.74 Å². The Bertz CT molecular complexity index is 1130. The lowest BCUT2D eigenvalue weighted by Crippen LogP contribution is -2.38. The SMILES string of the molecule is CC1CCC(c2ccc(C3CCC(C4CCC(C(F)(F)Oc5ccc(C(F)F)c(F)c5)CC4)CC3)c(F)c2)CC1.